The number of carbonyl (C=O) groups is 4. The highest BCUT2D eigenvalue weighted by molar-refractivity contribution is 6.22. The van der Waals surface area contributed by atoms with Crippen molar-refractivity contribution < 1.29 is 72.0 Å². The summed E-state index contributed by atoms with van der Waals surface area (Å²) in [6.07, 6.45) is 16.9. The van der Waals surface area contributed by atoms with Gasteiger partial charge < -0.3 is 43.6 Å². The van der Waals surface area contributed by atoms with Crippen LogP contribution in [0.2, 0.25) is 0 Å². The summed E-state index contributed by atoms with van der Waals surface area (Å²) >= 11 is 0. The average Bonchev–Trinajstić information content (AvgIpc) is 3.57. The number of imide groups is 2. The van der Waals surface area contributed by atoms with E-state index in [1.807, 2.05) is 49.1 Å². The molecule has 0 aliphatic carbocycles. The summed E-state index contributed by atoms with van der Waals surface area (Å²) in [5.41, 5.74) is 3.68. The van der Waals surface area contributed by atoms with Crippen molar-refractivity contribution in [3.8, 4) is 0 Å². The van der Waals surface area contributed by atoms with Gasteiger partial charge in [0.1, 0.15) is 26.3 Å². The number of carbonyl (C=O) groups excluding carboxylic acids is 4. The van der Waals surface area contributed by atoms with Crippen LogP contribution in [0.4, 0.5) is 0 Å². The van der Waals surface area contributed by atoms with Crippen molar-refractivity contribution in [1.82, 2.24) is 9.80 Å². The molecule has 14 heteroatoms. The van der Waals surface area contributed by atoms with Crippen molar-refractivity contribution in [3.63, 3.8) is 0 Å². The van der Waals surface area contributed by atoms with Crippen LogP contribution in [-0.2, 0) is 22.8 Å². The molecule has 2 aliphatic rings. The van der Waals surface area contributed by atoms with Crippen molar-refractivity contribution in [3.05, 3.63) is 131 Å². The first-order valence-electron chi connectivity index (χ1n) is 17.7. The number of halogens is 2. The molecule has 2 aromatic carbocycles. The van der Waals surface area contributed by atoms with Crippen LogP contribution in [0.25, 0.3) is 0 Å². The fraction of sp³-hybridized carbons (Fsp3) is 0.300. The predicted octanol–water partition coefficient (Wildman–Crippen LogP) is -1.40. The number of aryl methyl sites for hydroxylation is 2. The molecule has 0 saturated carbocycles. The quantitative estimate of drug-likeness (QED) is 0.0376. The first-order valence-corrected chi connectivity index (χ1v) is 17.7. The Morgan fingerprint density at radius 3 is 1.15 bits per heavy atom. The van der Waals surface area contributed by atoms with Gasteiger partial charge in [0.2, 0.25) is 0 Å². The molecule has 0 fully saturated rings. The van der Waals surface area contributed by atoms with Crippen LogP contribution in [0.1, 0.15) is 91.1 Å². The Kier molecular flexibility index (Phi) is 16.2. The third-order valence-electron chi connectivity index (χ3n) is 8.96. The molecule has 4 heterocycles. The fourth-order valence-electron chi connectivity index (χ4n) is 6.11. The minimum atomic E-state index is -0.255. The van der Waals surface area contributed by atoms with Gasteiger partial charge in [0.05, 0.1) is 34.7 Å². The van der Waals surface area contributed by atoms with Crippen LogP contribution in [0.15, 0.2) is 108 Å². The number of fused-ring (bicyclic) bond motifs is 2. The number of unbranched alkanes of at least 4 members (excludes halogenated alkanes) is 3. The van der Waals surface area contributed by atoms with Crippen molar-refractivity contribution in [2.24, 2.45) is 10.3 Å². The Hall–Kier alpha value is -5.08. The highest BCUT2D eigenvalue weighted by Gasteiger charge is 2.35. The Morgan fingerprint density at radius 1 is 0.481 bits per heavy atom. The second kappa shape index (κ2) is 21.0. The first kappa shape index (κ1) is 41.7. The number of benzene rings is 2. The summed E-state index contributed by atoms with van der Waals surface area (Å²) < 4.78 is 4.32. The highest BCUT2D eigenvalue weighted by atomic mass is 79.9. The largest absolute Gasteiger partial charge is 1.00 e. The van der Waals surface area contributed by atoms with E-state index in [2.05, 4.69) is 19.4 Å². The monoisotopic (exact) mass is 860 g/mol. The zero-order valence-electron chi connectivity index (χ0n) is 29.8. The summed E-state index contributed by atoms with van der Waals surface area (Å²) in [7, 11) is 0. The van der Waals surface area contributed by atoms with Crippen molar-refractivity contribution in [2.45, 2.75) is 51.6 Å². The van der Waals surface area contributed by atoms with Gasteiger partial charge >= 0.3 is 0 Å². The lowest BCUT2D eigenvalue weighted by molar-refractivity contribution is -0.698. The number of aromatic nitrogens is 2. The molecule has 0 spiro atoms. The average molecular weight is 863 g/mol. The highest BCUT2D eigenvalue weighted by Crippen LogP contribution is 2.23. The second-order valence-electron chi connectivity index (χ2n) is 12.6. The van der Waals surface area contributed by atoms with Gasteiger partial charge in [-0.3, -0.25) is 29.0 Å². The van der Waals surface area contributed by atoms with E-state index in [0.29, 0.717) is 61.4 Å². The number of hydrogen-bond acceptors (Lipinski definition) is 8. The molecule has 282 valence electrons. The van der Waals surface area contributed by atoms with E-state index in [9.17, 15) is 19.2 Å². The van der Waals surface area contributed by atoms with E-state index in [0.717, 1.165) is 49.9 Å². The number of hydrogen-bond donors (Lipinski definition) is 0. The van der Waals surface area contributed by atoms with Crippen LogP contribution >= 0.6 is 0 Å². The van der Waals surface area contributed by atoms with Crippen molar-refractivity contribution >= 4 is 36.1 Å². The van der Waals surface area contributed by atoms with Gasteiger partial charge in [-0.05, 0) is 37.1 Å². The molecule has 0 atom stereocenters. The Bertz CT molecular complexity index is 1740. The molecule has 2 aliphatic heterocycles. The molecule has 0 unspecified atom stereocenters. The van der Waals surface area contributed by atoms with E-state index in [1.54, 1.807) is 61.0 Å². The van der Waals surface area contributed by atoms with Gasteiger partial charge in [-0.15, -0.1) is 0 Å². The number of pyridine rings is 2. The van der Waals surface area contributed by atoms with Gasteiger partial charge in [-0.1, -0.05) is 34.6 Å². The maximum absolute atomic E-state index is 12.4. The van der Waals surface area contributed by atoms with Crippen LogP contribution in [0.5, 0.6) is 0 Å². The third kappa shape index (κ3) is 10.8. The topological polar surface area (TPSA) is 126 Å². The Labute approximate surface area is 335 Å². The fourth-order valence-corrected chi connectivity index (χ4v) is 6.11. The number of nitrogens with zero attached hydrogens (tertiary/aromatic N) is 6. The maximum Gasteiger partial charge on any atom is 0.261 e. The van der Waals surface area contributed by atoms with Crippen LogP contribution in [-0.4, -0.2) is 72.2 Å². The molecule has 12 nitrogen and oxygen atoms in total. The van der Waals surface area contributed by atoms with E-state index >= 15 is 0 Å². The molecule has 2 aromatic heterocycles. The lowest BCUT2D eigenvalue weighted by Gasteiger charge is -2.12. The standard InChI is InChI=1S/C40H42N6O6.2BrH/c47-37-33-11-3-4-12-34(33)38(48)45(37)21-9-27-51-41-29-31-15-23-43(24-16-31)19-7-1-2-8-20-44-25-17-32(18-26-44)30-42-52-28-10-22-46-39(49)35-13-5-6-14-36(35)40(46)50;;/h3-6,11-18,23-26,29-30H,1-2,7-10,19-22,27-28H2;2*1H/q+2;;/p-2/b41-29+,42-30+;;. The molecule has 6 rings (SSSR count). The van der Waals surface area contributed by atoms with Crippen LogP contribution in [0.3, 0.4) is 0 Å². The summed E-state index contributed by atoms with van der Waals surface area (Å²) in [6.45, 7) is 3.08. The zero-order valence-corrected chi connectivity index (χ0v) is 32.9. The Balaban J connectivity index is 0.00000325. The minimum Gasteiger partial charge on any atom is -1.00 e. The van der Waals surface area contributed by atoms with Crippen molar-refractivity contribution in [1.29, 1.82) is 0 Å². The first-order chi connectivity index (χ1) is 25.5. The molecular weight excluding hydrogens is 820 g/mol. The normalized spacial score (nSPS) is 13.3. The van der Waals surface area contributed by atoms with Crippen LogP contribution in [0, 0.1) is 0 Å². The second-order valence-corrected chi connectivity index (χ2v) is 12.6. The molecule has 0 N–H and O–H groups in total. The lowest BCUT2D eigenvalue weighted by atomic mass is 10.1. The zero-order chi connectivity index (χ0) is 36.1. The predicted molar refractivity (Wildman–Crippen MR) is 192 cm³/mol. The van der Waals surface area contributed by atoms with Gasteiger partial charge in [-0.25, -0.2) is 9.13 Å². The van der Waals surface area contributed by atoms with Crippen LogP contribution < -0.4 is 43.1 Å². The third-order valence-corrected chi connectivity index (χ3v) is 8.96. The molecule has 4 aromatic rings. The van der Waals surface area contributed by atoms with Crippen molar-refractivity contribution in [2.75, 3.05) is 26.3 Å². The molecular formula is C40H42Br2N6O6. The molecule has 4 amide bonds. The number of oxime groups is 2. The SMILES string of the molecule is O=C1c2ccccc2C(=O)N1CCCO/N=C/c1cc[n+](CCCCCC[n+]2ccc(/C=N/OCCCN3C(=O)c4ccccc4C3=O)cc2)cc1.[Br-].[Br-]. The van der Waals surface area contributed by atoms with Gasteiger partial charge in [0.15, 0.2) is 24.8 Å². The smallest absolute Gasteiger partial charge is 0.261 e. The number of amides is 4. The summed E-state index contributed by atoms with van der Waals surface area (Å²) in [6, 6.07) is 21.7. The van der Waals surface area contributed by atoms with E-state index in [4.69, 9.17) is 9.68 Å². The van der Waals surface area contributed by atoms with E-state index in [1.165, 1.54) is 9.80 Å². The maximum atomic E-state index is 12.4. The molecule has 54 heavy (non-hydrogen) atoms. The van der Waals surface area contributed by atoms with E-state index < -0.39 is 0 Å². The summed E-state index contributed by atoms with van der Waals surface area (Å²) in [4.78, 5) is 62.9. The van der Waals surface area contributed by atoms with E-state index in [-0.39, 0.29) is 57.6 Å². The van der Waals surface area contributed by atoms with Gasteiger partial charge in [-0.2, -0.15) is 0 Å². The van der Waals surface area contributed by atoms with Gasteiger partial charge in [0, 0.05) is 74.2 Å². The summed E-state index contributed by atoms with van der Waals surface area (Å²) in [5, 5.41) is 8.05. The number of rotatable bonds is 19. The van der Waals surface area contributed by atoms with Gasteiger partial charge in [0.25, 0.3) is 23.6 Å². The lowest BCUT2D eigenvalue weighted by Crippen LogP contribution is -3.00. The molecule has 0 bridgehead atoms. The summed E-state index contributed by atoms with van der Waals surface area (Å²) in [5.74, 6) is -1.02. The molecule has 0 radical (unpaired) electrons. The minimum absolute atomic E-state index is 0. The molecule has 0 saturated heterocycles. The Morgan fingerprint density at radius 2 is 0.815 bits per heavy atom.